The van der Waals surface area contributed by atoms with Crippen molar-refractivity contribution in [1.29, 1.82) is 0 Å². The zero-order valence-electron chi connectivity index (χ0n) is 12.9. The highest BCUT2D eigenvalue weighted by atomic mass is 16.5. The van der Waals surface area contributed by atoms with Gasteiger partial charge in [0.2, 0.25) is 0 Å². The summed E-state index contributed by atoms with van der Waals surface area (Å²) in [6.07, 6.45) is 5.94. The van der Waals surface area contributed by atoms with Crippen molar-refractivity contribution < 1.29 is 14.6 Å². The number of hydrogen-bond donors (Lipinski definition) is 1. The fraction of sp³-hybridized carbons (Fsp3) is 0.824. The van der Waals surface area contributed by atoms with Gasteiger partial charge in [-0.2, -0.15) is 0 Å². The lowest BCUT2D eigenvalue weighted by Crippen LogP contribution is -2.63. The maximum Gasteiger partial charge on any atom is 0.333 e. The largest absolute Gasteiger partial charge is 0.462 e. The van der Waals surface area contributed by atoms with Crippen LogP contribution in [0.1, 0.15) is 59.3 Å². The summed E-state index contributed by atoms with van der Waals surface area (Å²) in [5, 5.41) is 10.9. The van der Waals surface area contributed by atoms with Crippen molar-refractivity contribution in [3.63, 3.8) is 0 Å². The number of hydrogen-bond acceptors (Lipinski definition) is 3. The van der Waals surface area contributed by atoms with Crippen LogP contribution in [0.3, 0.4) is 0 Å². The van der Waals surface area contributed by atoms with E-state index in [9.17, 15) is 9.90 Å². The molecule has 0 aliphatic heterocycles. The molecule has 0 aromatic heterocycles. The molecule has 4 aliphatic rings. The third-order valence-electron chi connectivity index (χ3n) is 5.53. The molecule has 0 amide bonds. The van der Waals surface area contributed by atoms with Gasteiger partial charge in [-0.3, -0.25) is 0 Å². The zero-order chi connectivity index (χ0) is 14.8. The molecule has 3 nitrogen and oxygen atoms in total. The van der Waals surface area contributed by atoms with E-state index in [4.69, 9.17) is 4.74 Å². The van der Waals surface area contributed by atoms with Crippen LogP contribution in [0.25, 0.3) is 0 Å². The monoisotopic (exact) mass is 278 g/mol. The maximum absolute atomic E-state index is 11.7. The first-order chi connectivity index (χ1) is 9.07. The van der Waals surface area contributed by atoms with E-state index in [0.29, 0.717) is 12.2 Å². The minimum absolute atomic E-state index is 0.0297. The molecule has 4 rings (SSSR count). The number of esters is 1. The second-order valence-corrected chi connectivity index (χ2v) is 8.76. The van der Waals surface area contributed by atoms with E-state index in [1.54, 1.807) is 6.92 Å². The minimum Gasteiger partial charge on any atom is -0.462 e. The third kappa shape index (κ3) is 2.20. The van der Waals surface area contributed by atoms with Crippen LogP contribution >= 0.6 is 0 Å². The summed E-state index contributed by atoms with van der Waals surface area (Å²) in [7, 11) is 0. The summed E-state index contributed by atoms with van der Waals surface area (Å²) in [5.74, 6) is -0.303. The summed E-state index contributed by atoms with van der Waals surface area (Å²) in [6, 6.07) is 0. The Morgan fingerprint density at radius 3 is 2.10 bits per heavy atom. The zero-order valence-corrected chi connectivity index (χ0v) is 12.9. The number of rotatable bonds is 3. The van der Waals surface area contributed by atoms with E-state index in [0.717, 1.165) is 32.1 Å². The molecule has 2 unspecified atom stereocenters. The second-order valence-electron chi connectivity index (χ2n) is 8.76. The fourth-order valence-corrected chi connectivity index (χ4v) is 6.37. The molecule has 4 saturated carbocycles. The molecule has 0 aromatic rings. The molecule has 0 aromatic carbocycles. The molecule has 4 fully saturated rings. The number of aliphatic hydroxyl groups is 1. The highest BCUT2D eigenvalue weighted by Crippen LogP contribution is 2.70. The number of carbonyl (C=O) groups excluding carboxylic acids is 1. The van der Waals surface area contributed by atoms with Gasteiger partial charge in [0.15, 0.2) is 0 Å². The lowest BCUT2D eigenvalue weighted by Gasteiger charge is -2.67. The van der Waals surface area contributed by atoms with Crippen LogP contribution < -0.4 is 0 Å². The van der Waals surface area contributed by atoms with Crippen molar-refractivity contribution >= 4 is 5.97 Å². The summed E-state index contributed by atoms with van der Waals surface area (Å²) < 4.78 is 5.47. The van der Waals surface area contributed by atoms with Crippen LogP contribution in [0.15, 0.2) is 12.2 Å². The van der Waals surface area contributed by atoms with Crippen LogP contribution in [-0.2, 0) is 9.53 Å². The highest BCUT2D eigenvalue weighted by Gasteiger charge is 2.65. The van der Waals surface area contributed by atoms with Crippen molar-refractivity contribution in [3.05, 3.63) is 12.2 Å². The molecule has 4 aliphatic carbocycles. The van der Waals surface area contributed by atoms with Gasteiger partial charge in [-0.05, 0) is 56.3 Å². The van der Waals surface area contributed by atoms with Crippen molar-refractivity contribution in [3.8, 4) is 0 Å². The Bertz CT molecular complexity index is 425. The van der Waals surface area contributed by atoms with E-state index < -0.39 is 5.60 Å². The Hall–Kier alpha value is -0.830. The third-order valence-corrected chi connectivity index (χ3v) is 5.53. The molecule has 0 spiro atoms. The molecule has 20 heavy (non-hydrogen) atoms. The number of carbonyl (C=O) groups is 1. The van der Waals surface area contributed by atoms with Crippen LogP contribution in [0.4, 0.5) is 0 Å². The van der Waals surface area contributed by atoms with Crippen LogP contribution in [-0.4, -0.2) is 23.3 Å². The Labute approximate surface area is 121 Å². The number of ether oxygens (including phenoxy) is 1. The van der Waals surface area contributed by atoms with Crippen LogP contribution in [0.5, 0.6) is 0 Å². The molecule has 3 heteroatoms. The first-order valence-corrected chi connectivity index (χ1v) is 7.62. The molecule has 0 radical (unpaired) electrons. The van der Waals surface area contributed by atoms with Crippen molar-refractivity contribution in [2.45, 2.75) is 64.9 Å². The lowest BCUT2D eigenvalue weighted by atomic mass is 9.39. The molecule has 1 N–H and O–H groups in total. The van der Waals surface area contributed by atoms with Gasteiger partial charge < -0.3 is 9.84 Å². The topological polar surface area (TPSA) is 46.5 Å². The van der Waals surface area contributed by atoms with Crippen molar-refractivity contribution in [2.24, 2.45) is 16.2 Å². The maximum atomic E-state index is 11.7. The molecule has 0 saturated heterocycles. The van der Waals surface area contributed by atoms with E-state index in [-0.39, 0.29) is 22.2 Å². The fourth-order valence-electron chi connectivity index (χ4n) is 6.37. The lowest BCUT2D eigenvalue weighted by molar-refractivity contribution is -0.236. The van der Waals surface area contributed by atoms with Crippen molar-refractivity contribution in [2.75, 3.05) is 6.61 Å². The van der Waals surface area contributed by atoms with Gasteiger partial charge in [0.1, 0.15) is 0 Å². The highest BCUT2D eigenvalue weighted by molar-refractivity contribution is 5.86. The van der Waals surface area contributed by atoms with Crippen LogP contribution in [0, 0.1) is 16.2 Å². The molecular formula is C17H26O3. The summed E-state index contributed by atoms with van der Waals surface area (Å²) in [4.78, 5) is 11.7. The van der Waals surface area contributed by atoms with E-state index in [2.05, 4.69) is 20.4 Å². The molecular weight excluding hydrogens is 252 g/mol. The molecule has 0 heterocycles. The average molecular weight is 278 g/mol. The van der Waals surface area contributed by atoms with Crippen LogP contribution in [0.2, 0.25) is 0 Å². The van der Waals surface area contributed by atoms with Gasteiger partial charge in [0, 0.05) is 11.0 Å². The quantitative estimate of drug-likeness (QED) is 0.637. The van der Waals surface area contributed by atoms with Crippen molar-refractivity contribution in [1.82, 2.24) is 0 Å². The van der Waals surface area contributed by atoms with Gasteiger partial charge in [0.25, 0.3) is 0 Å². The standard InChI is InChI=1S/C17H26O3/c1-12(2)13(18)20-11-16-6-14(3)5-15(4,7-16)9-17(19,8-14)10-16/h19H,1,5-11H2,2-4H3. The normalized spacial score (nSPS) is 49.2. The van der Waals surface area contributed by atoms with Gasteiger partial charge in [-0.1, -0.05) is 20.4 Å². The summed E-state index contributed by atoms with van der Waals surface area (Å²) in [5.41, 5.74) is 0.277. The average Bonchev–Trinajstić information content (AvgIpc) is 2.18. The van der Waals surface area contributed by atoms with Gasteiger partial charge in [-0.25, -0.2) is 4.79 Å². The van der Waals surface area contributed by atoms with Gasteiger partial charge in [-0.15, -0.1) is 0 Å². The first-order valence-electron chi connectivity index (χ1n) is 7.62. The summed E-state index contributed by atoms with van der Waals surface area (Å²) in [6.45, 7) is 10.3. The predicted molar refractivity (Wildman–Crippen MR) is 77.1 cm³/mol. The Kier molecular flexibility index (Phi) is 2.74. The van der Waals surface area contributed by atoms with E-state index in [1.807, 2.05) is 0 Å². The Balaban J connectivity index is 1.83. The van der Waals surface area contributed by atoms with Gasteiger partial charge in [0.05, 0.1) is 12.2 Å². The molecule has 2 atom stereocenters. The van der Waals surface area contributed by atoms with E-state index >= 15 is 0 Å². The first kappa shape index (κ1) is 14.1. The van der Waals surface area contributed by atoms with E-state index in [1.165, 1.54) is 6.42 Å². The molecule has 112 valence electrons. The predicted octanol–water partition coefficient (Wildman–Crippen LogP) is 3.22. The Morgan fingerprint density at radius 2 is 1.65 bits per heavy atom. The molecule has 4 bridgehead atoms. The Morgan fingerprint density at radius 1 is 1.10 bits per heavy atom. The van der Waals surface area contributed by atoms with Gasteiger partial charge >= 0.3 is 5.97 Å². The summed E-state index contributed by atoms with van der Waals surface area (Å²) >= 11 is 0. The smallest absolute Gasteiger partial charge is 0.333 e. The SMILES string of the molecule is C=C(C)C(=O)OCC12CC3(C)CC(C)(CC(O)(C3)C1)C2. The second kappa shape index (κ2) is 3.88. The minimum atomic E-state index is -0.548.